The van der Waals surface area contributed by atoms with Crippen molar-refractivity contribution in [3.63, 3.8) is 0 Å². The molecule has 0 aliphatic rings. The fraction of sp³-hybridized carbons (Fsp3) is 0.333. The third-order valence-electron chi connectivity index (χ3n) is 1.36. The number of hydrogen-bond donors (Lipinski definition) is 1. The second kappa shape index (κ2) is 4.43. The van der Waals surface area contributed by atoms with Crippen LogP contribution in [0.2, 0.25) is 0 Å². The van der Waals surface area contributed by atoms with E-state index in [1.165, 1.54) is 6.20 Å². The Balaban J connectivity index is 2.55. The van der Waals surface area contributed by atoms with Crippen molar-refractivity contribution in [3.8, 4) is 11.9 Å². The predicted octanol–water partition coefficient (Wildman–Crippen LogP) is 0.679. The number of nitriles is 1. The molecule has 0 aromatic carbocycles. The van der Waals surface area contributed by atoms with Crippen molar-refractivity contribution in [1.29, 1.82) is 5.26 Å². The predicted molar refractivity (Wildman–Crippen MR) is 48.1 cm³/mol. The molecule has 0 bridgehead atoms. The molecule has 0 aliphatic carbocycles. The highest BCUT2D eigenvalue weighted by atomic mass is 16.5. The van der Waals surface area contributed by atoms with Crippen LogP contribution in [0.4, 0.5) is 0 Å². The molecular formula is C9H11N3O. The third-order valence-corrected chi connectivity index (χ3v) is 1.36. The lowest BCUT2D eigenvalue weighted by Gasteiger charge is -2.06. The molecule has 1 rings (SSSR count). The summed E-state index contributed by atoms with van der Waals surface area (Å²) in [6, 6.07) is 5.27. The summed E-state index contributed by atoms with van der Waals surface area (Å²) in [7, 11) is 0. The standard InChI is InChI=1S/C9H11N3O/c1-7(11)6-13-9-3-2-8(4-10)5-12-9/h2-3,5,7H,6,11H2,1H3. The number of nitrogens with zero attached hydrogens (tertiary/aromatic N) is 2. The minimum absolute atomic E-state index is 0.0163. The van der Waals surface area contributed by atoms with Crippen LogP contribution in [0.25, 0.3) is 0 Å². The van der Waals surface area contributed by atoms with Crippen molar-refractivity contribution < 1.29 is 4.74 Å². The summed E-state index contributed by atoms with van der Waals surface area (Å²) in [5.41, 5.74) is 6.01. The van der Waals surface area contributed by atoms with E-state index in [1.54, 1.807) is 12.1 Å². The van der Waals surface area contributed by atoms with Crippen molar-refractivity contribution in [2.75, 3.05) is 6.61 Å². The molecule has 1 heterocycles. The lowest BCUT2D eigenvalue weighted by Crippen LogP contribution is -2.23. The second-order valence-corrected chi connectivity index (χ2v) is 2.79. The van der Waals surface area contributed by atoms with E-state index in [0.717, 1.165) is 0 Å². The van der Waals surface area contributed by atoms with E-state index in [4.69, 9.17) is 15.7 Å². The second-order valence-electron chi connectivity index (χ2n) is 2.79. The van der Waals surface area contributed by atoms with Crippen LogP contribution >= 0.6 is 0 Å². The molecule has 0 saturated heterocycles. The zero-order valence-electron chi connectivity index (χ0n) is 7.40. The van der Waals surface area contributed by atoms with Crippen molar-refractivity contribution in [2.24, 2.45) is 5.73 Å². The number of nitrogens with two attached hydrogens (primary N) is 1. The van der Waals surface area contributed by atoms with E-state index >= 15 is 0 Å². The molecule has 1 unspecified atom stereocenters. The maximum Gasteiger partial charge on any atom is 0.213 e. The first-order valence-electron chi connectivity index (χ1n) is 3.97. The highest BCUT2D eigenvalue weighted by Gasteiger charge is 1.98. The molecule has 4 nitrogen and oxygen atoms in total. The average Bonchev–Trinajstić information content (AvgIpc) is 2.15. The van der Waals surface area contributed by atoms with Crippen molar-refractivity contribution in [3.05, 3.63) is 23.9 Å². The van der Waals surface area contributed by atoms with Crippen LogP contribution in [0, 0.1) is 11.3 Å². The van der Waals surface area contributed by atoms with E-state index in [1.807, 2.05) is 13.0 Å². The summed E-state index contributed by atoms with van der Waals surface area (Å²) < 4.78 is 5.22. The molecule has 1 aromatic rings. The largest absolute Gasteiger partial charge is 0.476 e. The Bertz CT molecular complexity index is 300. The van der Waals surface area contributed by atoms with Crippen LogP contribution in [0.1, 0.15) is 12.5 Å². The lowest BCUT2D eigenvalue weighted by atomic mass is 10.3. The summed E-state index contributed by atoms with van der Waals surface area (Å²) in [5, 5.41) is 8.50. The van der Waals surface area contributed by atoms with Gasteiger partial charge >= 0.3 is 0 Å². The number of aromatic nitrogens is 1. The molecule has 68 valence electrons. The highest BCUT2D eigenvalue weighted by molar-refractivity contribution is 5.28. The Morgan fingerprint density at radius 3 is 2.92 bits per heavy atom. The minimum Gasteiger partial charge on any atom is -0.476 e. The van der Waals surface area contributed by atoms with E-state index < -0.39 is 0 Å². The third kappa shape index (κ3) is 3.09. The van der Waals surface area contributed by atoms with Crippen LogP contribution in [-0.4, -0.2) is 17.6 Å². The summed E-state index contributed by atoms with van der Waals surface area (Å²) >= 11 is 0. The topological polar surface area (TPSA) is 71.9 Å². The summed E-state index contributed by atoms with van der Waals surface area (Å²) in [4.78, 5) is 3.92. The Kier molecular flexibility index (Phi) is 3.23. The Hall–Kier alpha value is -1.60. The van der Waals surface area contributed by atoms with Gasteiger partial charge in [-0.25, -0.2) is 4.98 Å². The fourth-order valence-corrected chi connectivity index (χ4v) is 0.749. The quantitative estimate of drug-likeness (QED) is 0.736. The van der Waals surface area contributed by atoms with Gasteiger partial charge in [-0.3, -0.25) is 0 Å². The zero-order valence-corrected chi connectivity index (χ0v) is 7.40. The maximum absolute atomic E-state index is 8.50. The van der Waals surface area contributed by atoms with Crippen LogP contribution in [0.5, 0.6) is 5.88 Å². The van der Waals surface area contributed by atoms with Crippen molar-refractivity contribution in [1.82, 2.24) is 4.98 Å². The Labute approximate surface area is 77.0 Å². The number of hydrogen-bond acceptors (Lipinski definition) is 4. The van der Waals surface area contributed by atoms with Gasteiger partial charge in [0.1, 0.15) is 12.7 Å². The van der Waals surface area contributed by atoms with Gasteiger partial charge in [0.15, 0.2) is 0 Å². The van der Waals surface area contributed by atoms with Crippen LogP contribution in [0.15, 0.2) is 18.3 Å². The molecule has 1 aromatic heterocycles. The molecule has 0 amide bonds. The van der Waals surface area contributed by atoms with Gasteiger partial charge in [0, 0.05) is 18.3 Å². The first-order chi connectivity index (χ1) is 6.22. The normalized spacial score (nSPS) is 11.8. The summed E-state index contributed by atoms with van der Waals surface area (Å²) in [5.74, 6) is 0.497. The molecule has 0 aliphatic heterocycles. The molecule has 13 heavy (non-hydrogen) atoms. The van der Waals surface area contributed by atoms with E-state index in [0.29, 0.717) is 18.1 Å². The smallest absolute Gasteiger partial charge is 0.213 e. The first-order valence-corrected chi connectivity index (χ1v) is 3.97. The Morgan fingerprint density at radius 1 is 1.69 bits per heavy atom. The van der Waals surface area contributed by atoms with E-state index in [-0.39, 0.29) is 6.04 Å². The highest BCUT2D eigenvalue weighted by Crippen LogP contribution is 2.06. The van der Waals surface area contributed by atoms with Gasteiger partial charge in [0.2, 0.25) is 5.88 Å². The van der Waals surface area contributed by atoms with Gasteiger partial charge in [-0.15, -0.1) is 0 Å². The molecule has 0 radical (unpaired) electrons. The van der Waals surface area contributed by atoms with Crippen LogP contribution in [-0.2, 0) is 0 Å². The van der Waals surface area contributed by atoms with Crippen LogP contribution < -0.4 is 10.5 Å². The molecule has 0 saturated carbocycles. The molecule has 0 spiro atoms. The molecule has 4 heteroatoms. The maximum atomic E-state index is 8.50. The molecule has 2 N–H and O–H groups in total. The Morgan fingerprint density at radius 2 is 2.46 bits per heavy atom. The number of rotatable bonds is 3. The van der Waals surface area contributed by atoms with Gasteiger partial charge in [-0.1, -0.05) is 0 Å². The number of ether oxygens (including phenoxy) is 1. The summed E-state index contributed by atoms with van der Waals surface area (Å²) in [6.45, 7) is 2.28. The minimum atomic E-state index is -0.0163. The van der Waals surface area contributed by atoms with Gasteiger partial charge < -0.3 is 10.5 Å². The fourth-order valence-electron chi connectivity index (χ4n) is 0.749. The van der Waals surface area contributed by atoms with Gasteiger partial charge in [0.25, 0.3) is 0 Å². The van der Waals surface area contributed by atoms with Crippen molar-refractivity contribution >= 4 is 0 Å². The van der Waals surface area contributed by atoms with Gasteiger partial charge in [-0.05, 0) is 13.0 Å². The number of pyridine rings is 1. The van der Waals surface area contributed by atoms with Gasteiger partial charge in [0.05, 0.1) is 5.56 Å². The van der Waals surface area contributed by atoms with Gasteiger partial charge in [-0.2, -0.15) is 5.26 Å². The van der Waals surface area contributed by atoms with E-state index in [2.05, 4.69) is 4.98 Å². The monoisotopic (exact) mass is 177 g/mol. The molecule has 1 atom stereocenters. The molecular weight excluding hydrogens is 166 g/mol. The SMILES string of the molecule is CC(N)COc1ccc(C#N)cn1. The summed E-state index contributed by atoms with van der Waals surface area (Å²) in [6.07, 6.45) is 1.47. The zero-order chi connectivity index (χ0) is 9.68. The van der Waals surface area contributed by atoms with E-state index in [9.17, 15) is 0 Å². The van der Waals surface area contributed by atoms with Crippen molar-refractivity contribution in [2.45, 2.75) is 13.0 Å². The average molecular weight is 177 g/mol. The molecule has 0 fully saturated rings. The lowest BCUT2D eigenvalue weighted by molar-refractivity contribution is 0.285. The first kappa shape index (κ1) is 9.49. The van der Waals surface area contributed by atoms with Crippen LogP contribution in [0.3, 0.4) is 0 Å².